The molecular weight excluding hydrogens is 432 g/mol. The fraction of sp³-hybridized carbons (Fsp3) is 0.929. The minimum Gasteiger partial charge on any atom is -0.459 e. The SMILES string of the molecule is CCC(CC(C)C(=O)OC12CC3CC(O)(CC(O)(C3)C1)C2)C(=O)OC(C)(C)C1CCC(C)CC1. The van der Waals surface area contributed by atoms with Crippen LogP contribution >= 0.6 is 0 Å². The van der Waals surface area contributed by atoms with Gasteiger partial charge in [-0.05, 0) is 76.5 Å². The first-order chi connectivity index (χ1) is 15.8. The Balaban J connectivity index is 1.34. The number of carbonyl (C=O) groups is 2. The summed E-state index contributed by atoms with van der Waals surface area (Å²) >= 11 is 0. The Bertz CT molecular complexity index is 764. The maximum Gasteiger partial charge on any atom is 0.309 e. The van der Waals surface area contributed by atoms with Crippen molar-refractivity contribution in [1.82, 2.24) is 0 Å². The van der Waals surface area contributed by atoms with E-state index in [-0.39, 0.29) is 23.8 Å². The normalized spacial score (nSPS) is 41.1. The second-order valence-electron chi connectivity index (χ2n) is 13.3. The molecule has 194 valence electrons. The molecule has 6 heteroatoms. The lowest BCUT2D eigenvalue weighted by Gasteiger charge is -2.62. The van der Waals surface area contributed by atoms with Gasteiger partial charge in [0, 0.05) is 19.3 Å². The van der Waals surface area contributed by atoms with Crippen LogP contribution in [-0.4, -0.2) is 44.6 Å². The summed E-state index contributed by atoms with van der Waals surface area (Å²) in [7, 11) is 0. The Hall–Kier alpha value is -1.14. The summed E-state index contributed by atoms with van der Waals surface area (Å²) in [4.78, 5) is 26.2. The highest BCUT2D eigenvalue weighted by molar-refractivity contribution is 5.76. The van der Waals surface area contributed by atoms with Crippen molar-refractivity contribution in [3.05, 3.63) is 0 Å². The number of hydrogen-bond donors (Lipinski definition) is 2. The summed E-state index contributed by atoms with van der Waals surface area (Å²) in [5.74, 6) is -0.0426. The van der Waals surface area contributed by atoms with E-state index in [1.165, 1.54) is 12.8 Å². The van der Waals surface area contributed by atoms with E-state index in [9.17, 15) is 19.8 Å². The molecule has 6 nitrogen and oxygen atoms in total. The first kappa shape index (κ1) is 25.9. The zero-order chi connectivity index (χ0) is 24.9. The lowest BCUT2D eigenvalue weighted by Crippen LogP contribution is -2.67. The molecule has 5 aliphatic carbocycles. The molecule has 5 aliphatic rings. The Labute approximate surface area is 205 Å². The minimum atomic E-state index is -0.935. The van der Waals surface area contributed by atoms with Crippen LogP contribution in [0.15, 0.2) is 0 Å². The van der Waals surface area contributed by atoms with Crippen LogP contribution in [0.2, 0.25) is 0 Å². The maximum absolute atomic E-state index is 13.1. The molecule has 0 aliphatic heterocycles. The van der Waals surface area contributed by atoms with Crippen molar-refractivity contribution in [3.8, 4) is 0 Å². The molecule has 0 aromatic heterocycles. The second-order valence-corrected chi connectivity index (χ2v) is 13.3. The van der Waals surface area contributed by atoms with Crippen molar-refractivity contribution in [2.45, 2.75) is 134 Å². The largest absolute Gasteiger partial charge is 0.459 e. The van der Waals surface area contributed by atoms with Gasteiger partial charge in [-0.3, -0.25) is 9.59 Å². The Kier molecular flexibility index (Phi) is 6.91. The highest BCUT2D eigenvalue weighted by Crippen LogP contribution is 2.60. The molecule has 0 aromatic carbocycles. The van der Waals surface area contributed by atoms with Crippen LogP contribution in [0, 0.1) is 29.6 Å². The van der Waals surface area contributed by atoms with Gasteiger partial charge in [0.15, 0.2) is 0 Å². The summed E-state index contributed by atoms with van der Waals surface area (Å²) in [6, 6.07) is 0. The molecule has 0 heterocycles. The highest BCUT2D eigenvalue weighted by atomic mass is 16.6. The molecule has 5 saturated carbocycles. The van der Waals surface area contributed by atoms with E-state index in [4.69, 9.17) is 9.47 Å². The molecule has 4 bridgehead atoms. The Morgan fingerprint density at radius 1 is 0.971 bits per heavy atom. The van der Waals surface area contributed by atoms with Gasteiger partial charge in [-0.1, -0.05) is 33.6 Å². The molecule has 5 rings (SSSR count). The van der Waals surface area contributed by atoms with Gasteiger partial charge in [-0.25, -0.2) is 0 Å². The topological polar surface area (TPSA) is 93.1 Å². The number of ether oxygens (including phenoxy) is 2. The zero-order valence-corrected chi connectivity index (χ0v) is 21.9. The number of aliphatic hydroxyl groups is 2. The number of hydrogen-bond acceptors (Lipinski definition) is 6. The number of rotatable bonds is 8. The third kappa shape index (κ3) is 5.33. The van der Waals surface area contributed by atoms with Crippen LogP contribution in [0.4, 0.5) is 0 Å². The minimum absolute atomic E-state index is 0.192. The van der Waals surface area contributed by atoms with Gasteiger partial charge in [0.2, 0.25) is 0 Å². The summed E-state index contributed by atoms with van der Waals surface area (Å²) in [6.45, 7) is 10.1. The molecule has 0 saturated heterocycles. The molecule has 0 amide bonds. The lowest BCUT2D eigenvalue weighted by atomic mass is 9.50. The molecule has 4 unspecified atom stereocenters. The van der Waals surface area contributed by atoms with Crippen LogP contribution < -0.4 is 0 Å². The number of esters is 2. The van der Waals surface area contributed by atoms with Crippen LogP contribution in [0.3, 0.4) is 0 Å². The quantitative estimate of drug-likeness (QED) is 0.481. The number of carbonyl (C=O) groups excluding carboxylic acids is 2. The first-order valence-corrected chi connectivity index (χ1v) is 13.7. The van der Waals surface area contributed by atoms with E-state index >= 15 is 0 Å². The molecule has 0 radical (unpaired) electrons. The Morgan fingerprint density at radius 3 is 2.09 bits per heavy atom. The second kappa shape index (κ2) is 9.06. The Morgan fingerprint density at radius 2 is 1.56 bits per heavy atom. The molecule has 5 fully saturated rings. The van der Waals surface area contributed by atoms with E-state index < -0.39 is 28.3 Å². The molecular formula is C28H46O6. The van der Waals surface area contributed by atoms with E-state index in [0.29, 0.717) is 57.3 Å². The maximum atomic E-state index is 13.1. The molecule has 4 atom stereocenters. The van der Waals surface area contributed by atoms with Gasteiger partial charge in [-0.15, -0.1) is 0 Å². The summed E-state index contributed by atoms with van der Waals surface area (Å²) < 4.78 is 12.1. The molecule has 34 heavy (non-hydrogen) atoms. The lowest BCUT2D eigenvalue weighted by molar-refractivity contribution is -0.262. The van der Waals surface area contributed by atoms with Crippen molar-refractivity contribution in [1.29, 1.82) is 0 Å². The predicted molar refractivity (Wildman–Crippen MR) is 129 cm³/mol. The summed E-state index contributed by atoms with van der Waals surface area (Å²) in [6.07, 6.45) is 8.81. The molecule has 2 N–H and O–H groups in total. The van der Waals surface area contributed by atoms with E-state index in [0.717, 1.165) is 18.8 Å². The van der Waals surface area contributed by atoms with Gasteiger partial charge >= 0.3 is 11.9 Å². The van der Waals surface area contributed by atoms with Crippen molar-refractivity contribution in [3.63, 3.8) is 0 Å². The van der Waals surface area contributed by atoms with Crippen LogP contribution in [-0.2, 0) is 19.1 Å². The zero-order valence-electron chi connectivity index (χ0n) is 21.9. The molecule has 0 aromatic rings. The van der Waals surface area contributed by atoms with Crippen molar-refractivity contribution < 1.29 is 29.3 Å². The fourth-order valence-corrected chi connectivity index (χ4v) is 8.01. The third-order valence-corrected chi connectivity index (χ3v) is 9.50. The monoisotopic (exact) mass is 478 g/mol. The van der Waals surface area contributed by atoms with Gasteiger partial charge in [0.1, 0.15) is 11.2 Å². The van der Waals surface area contributed by atoms with Crippen molar-refractivity contribution >= 4 is 11.9 Å². The van der Waals surface area contributed by atoms with Crippen molar-refractivity contribution in [2.24, 2.45) is 29.6 Å². The van der Waals surface area contributed by atoms with Gasteiger partial charge < -0.3 is 19.7 Å². The standard InChI is InChI=1S/C28H46O6/c1-6-21(24(30)33-25(4,5)22-9-7-18(2)8-10-22)11-19(3)23(29)34-28-14-20-12-26(31,16-28)15-27(32,13-20)17-28/h18-22,31-32H,6-17H2,1-5H3. The average molecular weight is 479 g/mol. The van der Waals surface area contributed by atoms with Gasteiger partial charge in [-0.2, -0.15) is 0 Å². The van der Waals surface area contributed by atoms with Gasteiger partial charge in [0.05, 0.1) is 23.0 Å². The summed E-state index contributed by atoms with van der Waals surface area (Å²) in [5.41, 5.74) is -3.15. The van der Waals surface area contributed by atoms with Crippen LogP contribution in [0.25, 0.3) is 0 Å². The van der Waals surface area contributed by atoms with E-state index in [1.54, 1.807) is 0 Å². The van der Waals surface area contributed by atoms with E-state index in [2.05, 4.69) is 6.92 Å². The van der Waals surface area contributed by atoms with Gasteiger partial charge in [0.25, 0.3) is 0 Å². The first-order valence-electron chi connectivity index (χ1n) is 13.7. The van der Waals surface area contributed by atoms with E-state index in [1.807, 2.05) is 27.7 Å². The van der Waals surface area contributed by atoms with Crippen LogP contribution in [0.1, 0.15) is 112 Å². The average Bonchev–Trinajstić information content (AvgIpc) is 2.68. The summed E-state index contributed by atoms with van der Waals surface area (Å²) in [5, 5.41) is 21.9. The third-order valence-electron chi connectivity index (χ3n) is 9.50. The highest BCUT2D eigenvalue weighted by Gasteiger charge is 2.64. The fourth-order valence-electron chi connectivity index (χ4n) is 8.01. The predicted octanol–water partition coefficient (Wildman–Crippen LogP) is 4.93. The smallest absolute Gasteiger partial charge is 0.309 e. The molecule has 0 spiro atoms. The van der Waals surface area contributed by atoms with Crippen molar-refractivity contribution in [2.75, 3.05) is 0 Å². The van der Waals surface area contributed by atoms with Crippen LogP contribution in [0.5, 0.6) is 0 Å².